The molecule has 0 aromatic heterocycles. The lowest BCUT2D eigenvalue weighted by atomic mass is 9.99. The number of fused-ring (bicyclic) bond motifs is 1. The molecule has 138 valence electrons. The number of rotatable bonds is 6. The number of aryl methyl sites for hydroxylation is 1. The molecular formula is C20H30N2O3. The Labute approximate surface area is 150 Å². The zero-order chi connectivity index (χ0) is 17.8. The van der Waals surface area contributed by atoms with Crippen molar-refractivity contribution in [3.63, 3.8) is 0 Å². The fourth-order valence-corrected chi connectivity index (χ4v) is 3.74. The first-order valence-electron chi connectivity index (χ1n) is 9.26. The molecule has 5 nitrogen and oxygen atoms in total. The van der Waals surface area contributed by atoms with E-state index in [1.807, 2.05) is 0 Å². The van der Waals surface area contributed by atoms with Crippen LogP contribution >= 0.6 is 0 Å². The van der Waals surface area contributed by atoms with Crippen molar-refractivity contribution in [3.05, 3.63) is 35.4 Å². The number of ether oxygens (including phenoxy) is 2. The van der Waals surface area contributed by atoms with Crippen LogP contribution in [0.5, 0.6) is 0 Å². The van der Waals surface area contributed by atoms with Gasteiger partial charge in [-0.3, -0.25) is 9.69 Å². The second kappa shape index (κ2) is 8.30. The predicted octanol–water partition coefficient (Wildman–Crippen LogP) is 2.22. The van der Waals surface area contributed by atoms with E-state index >= 15 is 0 Å². The number of likely N-dealkylation sites (tertiary alicyclic amines) is 1. The summed E-state index contributed by atoms with van der Waals surface area (Å²) in [4.78, 5) is 15.7. The molecule has 2 fully saturated rings. The Kier molecular flexibility index (Phi) is 6.10. The topological polar surface area (TPSA) is 42.0 Å². The van der Waals surface area contributed by atoms with E-state index in [1.165, 1.54) is 11.1 Å². The van der Waals surface area contributed by atoms with Crippen LogP contribution in [0.2, 0.25) is 0 Å². The van der Waals surface area contributed by atoms with Gasteiger partial charge >= 0.3 is 0 Å². The molecule has 0 unspecified atom stereocenters. The molecule has 25 heavy (non-hydrogen) atoms. The summed E-state index contributed by atoms with van der Waals surface area (Å²) < 4.78 is 11.8. The summed E-state index contributed by atoms with van der Waals surface area (Å²) in [6.45, 7) is 4.87. The number of likely N-dealkylation sites (N-methyl/N-ethyl adjacent to an activating group) is 1. The van der Waals surface area contributed by atoms with Gasteiger partial charge in [-0.1, -0.05) is 29.8 Å². The molecule has 2 aliphatic heterocycles. The predicted molar refractivity (Wildman–Crippen MR) is 97.4 cm³/mol. The lowest BCUT2D eigenvalue weighted by Gasteiger charge is -2.36. The van der Waals surface area contributed by atoms with Crippen molar-refractivity contribution >= 4 is 5.91 Å². The van der Waals surface area contributed by atoms with E-state index in [9.17, 15) is 4.79 Å². The van der Waals surface area contributed by atoms with Crippen molar-refractivity contribution < 1.29 is 14.3 Å². The maximum absolute atomic E-state index is 11.6. The number of hydrogen-bond acceptors (Lipinski definition) is 4. The van der Waals surface area contributed by atoms with E-state index < -0.39 is 0 Å². The Balaban J connectivity index is 1.45. The van der Waals surface area contributed by atoms with Gasteiger partial charge in [0.1, 0.15) is 6.61 Å². The van der Waals surface area contributed by atoms with Gasteiger partial charge in [-0.15, -0.1) is 0 Å². The largest absolute Gasteiger partial charge is 0.371 e. The fourth-order valence-electron chi connectivity index (χ4n) is 3.74. The normalized spacial score (nSPS) is 26.4. The van der Waals surface area contributed by atoms with E-state index in [1.54, 1.807) is 19.0 Å². The standard InChI is InChI=1S/C20H30N2O3/c1-15-4-6-16(7-5-15)12-22-11-10-19-18(22)9-8-17(25-19)13-24-14-20(23)21(2)3/h4-7,17-19H,8-14H2,1-3H3/t17-,18+,19+/m1/s1. The van der Waals surface area contributed by atoms with Crippen LogP contribution in [-0.2, 0) is 20.8 Å². The van der Waals surface area contributed by atoms with Gasteiger partial charge in [0.05, 0.1) is 18.8 Å². The van der Waals surface area contributed by atoms with Crippen LogP contribution < -0.4 is 0 Å². The highest BCUT2D eigenvalue weighted by Gasteiger charge is 2.39. The van der Waals surface area contributed by atoms with Gasteiger partial charge in [-0.05, 0) is 31.7 Å². The first kappa shape index (κ1) is 18.4. The van der Waals surface area contributed by atoms with Crippen molar-refractivity contribution in [2.45, 2.75) is 51.0 Å². The number of hydrogen-bond donors (Lipinski definition) is 0. The minimum atomic E-state index is -0.00109. The zero-order valence-electron chi connectivity index (χ0n) is 15.6. The smallest absolute Gasteiger partial charge is 0.248 e. The summed E-state index contributed by atoms with van der Waals surface area (Å²) in [5.74, 6) is -0.00109. The van der Waals surface area contributed by atoms with E-state index in [4.69, 9.17) is 9.47 Å². The first-order valence-corrected chi connectivity index (χ1v) is 9.26. The minimum Gasteiger partial charge on any atom is -0.371 e. The molecule has 1 aromatic rings. The average Bonchev–Trinajstić information content (AvgIpc) is 2.99. The monoisotopic (exact) mass is 346 g/mol. The second-order valence-electron chi connectivity index (χ2n) is 7.49. The molecule has 0 saturated carbocycles. The van der Waals surface area contributed by atoms with Crippen molar-refractivity contribution in [3.8, 4) is 0 Å². The molecule has 2 heterocycles. The molecule has 2 aliphatic rings. The maximum Gasteiger partial charge on any atom is 0.248 e. The highest BCUT2D eigenvalue weighted by Crippen LogP contribution is 2.32. The third-order valence-corrected chi connectivity index (χ3v) is 5.29. The lowest BCUT2D eigenvalue weighted by molar-refractivity contribution is -0.138. The molecule has 0 aliphatic carbocycles. The van der Waals surface area contributed by atoms with Crippen molar-refractivity contribution in [1.29, 1.82) is 0 Å². The van der Waals surface area contributed by atoms with Gasteiger partial charge in [0, 0.05) is 33.2 Å². The lowest BCUT2D eigenvalue weighted by Crippen LogP contribution is -2.43. The van der Waals surface area contributed by atoms with Crippen molar-refractivity contribution in [1.82, 2.24) is 9.80 Å². The minimum absolute atomic E-state index is 0.00109. The van der Waals surface area contributed by atoms with E-state index in [2.05, 4.69) is 36.1 Å². The van der Waals surface area contributed by atoms with Gasteiger partial charge in [0.2, 0.25) is 5.91 Å². The summed E-state index contributed by atoms with van der Waals surface area (Å²) in [6, 6.07) is 9.34. The molecule has 3 rings (SSSR count). The first-order chi connectivity index (χ1) is 12.0. The highest BCUT2D eigenvalue weighted by atomic mass is 16.5. The number of benzene rings is 1. The molecular weight excluding hydrogens is 316 g/mol. The average molecular weight is 346 g/mol. The number of nitrogens with zero attached hydrogens (tertiary/aromatic N) is 2. The van der Waals surface area contributed by atoms with Crippen LogP contribution in [0.25, 0.3) is 0 Å². The summed E-state index contributed by atoms with van der Waals surface area (Å²) in [5.41, 5.74) is 2.68. The zero-order valence-corrected chi connectivity index (χ0v) is 15.6. The Morgan fingerprint density at radius 3 is 2.72 bits per heavy atom. The van der Waals surface area contributed by atoms with E-state index in [-0.39, 0.29) is 18.6 Å². The Morgan fingerprint density at radius 2 is 2.00 bits per heavy atom. The second-order valence-corrected chi connectivity index (χ2v) is 7.49. The SMILES string of the molecule is Cc1ccc(CN2CC[C@@H]3O[C@@H](COCC(=O)N(C)C)CC[C@@H]32)cc1. The van der Waals surface area contributed by atoms with Crippen LogP contribution in [0.4, 0.5) is 0 Å². The van der Waals surface area contributed by atoms with Crippen molar-refractivity contribution in [2.75, 3.05) is 33.9 Å². The molecule has 1 amide bonds. The summed E-state index contributed by atoms with van der Waals surface area (Å²) in [6.07, 6.45) is 3.66. The Bertz CT molecular complexity index is 573. The van der Waals surface area contributed by atoms with Gasteiger partial charge in [-0.2, -0.15) is 0 Å². The molecule has 1 aromatic carbocycles. The van der Waals surface area contributed by atoms with Crippen LogP contribution in [0.1, 0.15) is 30.4 Å². The van der Waals surface area contributed by atoms with E-state index in [0.717, 1.165) is 32.4 Å². The van der Waals surface area contributed by atoms with Crippen LogP contribution in [0, 0.1) is 6.92 Å². The van der Waals surface area contributed by atoms with Gasteiger partial charge in [0.15, 0.2) is 0 Å². The van der Waals surface area contributed by atoms with Gasteiger partial charge in [-0.25, -0.2) is 0 Å². The van der Waals surface area contributed by atoms with E-state index in [0.29, 0.717) is 18.8 Å². The molecule has 0 spiro atoms. The Hall–Kier alpha value is -1.43. The third-order valence-electron chi connectivity index (χ3n) is 5.29. The number of amides is 1. The fraction of sp³-hybridized carbons (Fsp3) is 0.650. The van der Waals surface area contributed by atoms with Gasteiger partial charge < -0.3 is 14.4 Å². The summed E-state index contributed by atoms with van der Waals surface area (Å²) in [7, 11) is 3.49. The summed E-state index contributed by atoms with van der Waals surface area (Å²) >= 11 is 0. The highest BCUT2D eigenvalue weighted by molar-refractivity contribution is 5.76. The third kappa shape index (κ3) is 4.81. The molecule has 3 atom stereocenters. The number of carbonyl (C=O) groups is 1. The maximum atomic E-state index is 11.6. The van der Waals surface area contributed by atoms with Crippen LogP contribution in [-0.4, -0.2) is 67.8 Å². The molecule has 5 heteroatoms. The van der Waals surface area contributed by atoms with Crippen LogP contribution in [0.3, 0.4) is 0 Å². The molecule has 2 saturated heterocycles. The quantitative estimate of drug-likeness (QED) is 0.792. The van der Waals surface area contributed by atoms with Gasteiger partial charge in [0.25, 0.3) is 0 Å². The summed E-state index contributed by atoms with van der Waals surface area (Å²) in [5, 5.41) is 0. The number of carbonyl (C=O) groups excluding carboxylic acids is 1. The Morgan fingerprint density at radius 1 is 1.24 bits per heavy atom. The molecule has 0 bridgehead atoms. The molecule has 0 N–H and O–H groups in total. The molecule has 0 radical (unpaired) electrons. The van der Waals surface area contributed by atoms with Crippen molar-refractivity contribution in [2.24, 2.45) is 0 Å². The van der Waals surface area contributed by atoms with Crippen LogP contribution in [0.15, 0.2) is 24.3 Å².